The van der Waals surface area contributed by atoms with E-state index >= 15 is 0 Å². The minimum atomic E-state index is 0.0135. The highest BCUT2D eigenvalue weighted by Crippen LogP contribution is 2.21. The second kappa shape index (κ2) is 7.63. The molecular weight excluding hydrogens is 278 g/mol. The molecule has 2 heterocycles. The predicted molar refractivity (Wildman–Crippen MR) is 89.2 cm³/mol. The molecule has 0 unspecified atom stereocenters. The first-order valence-corrected chi connectivity index (χ1v) is 8.33. The molecule has 22 heavy (non-hydrogen) atoms. The van der Waals surface area contributed by atoms with Crippen molar-refractivity contribution in [3.8, 4) is 0 Å². The Morgan fingerprint density at radius 1 is 1.41 bits per heavy atom. The van der Waals surface area contributed by atoms with Crippen LogP contribution < -0.4 is 10.6 Å². The van der Waals surface area contributed by atoms with Crippen molar-refractivity contribution in [2.75, 3.05) is 25.0 Å². The van der Waals surface area contributed by atoms with Crippen molar-refractivity contribution in [2.24, 2.45) is 7.05 Å². The molecular formula is C16H29N5O. The number of hydrogen-bond acceptors (Lipinski definition) is 3. The molecule has 1 aliphatic heterocycles. The zero-order valence-electron chi connectivity index (χ0n) is 14.3. The molecule has 0 aromatic carbocycles. The van der Waals surface area contributed by atoms with E-state index in [4.69, 9.17) is 0 Å². The van der Waals surface area contributed by atoms with Crippen molar-refractivity contribution in [2.45, 2.75) is 52.5 Å². The predicted octanol–water partition coefficient (Wildman–Crippen LogP) is 2.42. The van der Waals surface area contributed by atoms with Crippen molar-refractivity contribution in [3.05, 3.63) is 11.4 Å². The number of hydrogen-bond donors (Lipinski definition) is 2. The maximum Gasteiger partial charge on any atom is 0.322 e. The van der Waals surface area contributed by atoms with Gasteiger partial charge in [0.1, 0.15) is 0 Å². The molecule has 1 fully saturated rings. The molecule has 6 nitrogen and oxygen atoms in total. The van der Waals surface area contributed by atoms with Crippen molar-refractivity contribution in [1.82, 2.24) is 20.0 Å². The van der Waals surface area contributed by atoms with Gasteiger partial charge in [-0.3, -0.25) is 4.68 Å². The van der Waals surface area contributed by atoms with Gasteiger partial charge in [-0.25, -0.2) is 4.79 Å². The van der Waals surface area contributed by atoms with Gasteiger partial charge >= 0.3 is 6.03 Å². The van der Waals surface area contributed by atoms with E-state index in [2.05, 4.69) is 22.7 Å². The molecule has 6 heteroatoms. The molecule has 1 aromatic heterocycles. The van der Waals surface area contributed by atoms with Crippen LogP contribution in [0, 0.1) is 13.8 Å². The van der Waals surface area contributed by atoms with E-state index in [0.717, 1.165) is 62.4 Å². The largest absolute Gasteiger partial charge is 0.322 e. The van der Waals surface area contributed by atoms with Crippen LogP contribution in [0.3, 0.4) is 0 Å². The van der Waals surface area contributed by atoms with E-state index < -0.39 is 0 Å². The summed E-state index contributed by atoms with van der Waals surface area (Å²) in [6.07, 6.45) is 4.20. The van der Waals surface area contributed by atoms with Crippen LogP contribution in [-0.4, -0.2) is 46.4 Å². The lowest BCUT2D eigenvalue weighted by molar-refractivity contribution is 0.169. The average Bonchev–Trinajstić information content (AvgIpc) is 2.75. The van der Waals surface area contributed by atoms with Gasteiger partial charge < -0.3 is 15.5 Å². The molecule has 0 atom stereocenters. The monoisotopic (exact) mass is 307 g/mol. The molecule has 0 spiro atoms. The van der Waals surface area contributed by atoms with Crippen molar-refractivity contribution >= 4 is 11.7 Å². The standard InChI is InChI=1S/C16H29N5O/c1-5-6-11-21(14-7-9-17-10-8-14)16(22)18-15-12(2)19-20(4)13(15)3/h14,17H,5-11H2,1-4H3,(H,18,22). The number of nitrogens with one attached hydrogen (secondary N) is 2. The molecule has 1 aliphatic rings. The first kappa shape index (κ1) is 16.8. The molecule has 0 aliphatic carbocycles. The minimum Gasteiger partial charge on any atom is -0.321 e. The van der Waals surface area contributed by atoms with Crippen molar-refractivity contribution in [3.63, 3.8) is 0 Å². The molecule has 1 saturated heterocycles. The number of piperidine rings is 1. The number of aryl methyl sites for hydroxylation is 2. The fourth-order valence-electron chi connectivity index (χ4n) is 3.03. The van der Waals surface area contributed by atoms with E-state index in [0.29, 0.717) is 6.04 Å². The molecule has 0 saturated carbocycles. The van der Waals surface area contributed by atoms with E-state index in [1.807, 2.05) is 30.5 Å². The third kappa shape index (κ3) is 3.80. The number of anilines is 1. The zero-order valence-corrected chi connectivity index (χ0v) is 14.3. The average molecular weight is 307 g/mol. The number of rotatable bonds is 5. The van der Waals surface area contributed by atoms with Crippen LogP contribution in [0.25, 0.3) is 0 Å². The van der Waals surface area contributed by atoms with E-state index in [-0.39, 0.29) is 6.03 Å². The van der Waals surface area contributed by atoms with Gasteiger partial charge in [0.15, 0.2) is 0 Å². The van der Waals surface area contributed by atoms with Gasteiger partial charge in [0.25, 0.3) is 0 Å². The SMILES string of the molecule is CCCCN(C(=O)Nc1c(C)nn(C)c1C)C1CCNCC1. The highest BCUT2D eigenvalue weighted by molar-refractivity contribution is 5.90. The Labute approximate surface area is 133 Å². The van der Waals surface area contributed by atoms with Gasteiger partial charge in [-0.2, -0.15) is 5.10 Å². The number of carbonyl (C=O) groups excluding carboxylic acids is 1. The fraction of sp³-hybridized carbons (Fsp3) is 0.750. The molecule has 2 rings (SSSR count). The third-order valence-corrected chi connectivity index (χ3v) is 4.50. The van der Waals surface area contributed by atoms with Gasteiger partial charge in [0, 0.05) is 19.6 Å². The molecule has 0 bridgehead atoms. The number of urea groups is 1. The second-order valence-corrected chi connectivity index (χ2v) is 6.13. The fourth-order valence-corrected chi connectivity index (χ4v) is 3.03. The molecule has 0 radical (unpaired) electrons. The highest BCUT2D eigenvalue weighted by Gasteiger charge is 2.26. The normalized spacial score (nSPS) is 15.8. The summed E-state index contributed by atoms with van der Waals surface area (Å²) in [5.41, 5.74) is 2.71. The van der Waals surface area contributed by atoms with Crippen molar-refractivity contribution < 1.29 is 4.79 Å². The molecule has 1 aromatic rings. The number of carbonyl (C=O) groups is 1. The summed E-state index contributed by atoms with van der Waals surface area (Å²) in [5, 5.41) is 10.8. The Morgan fingerprint density at radius 3 is 2.64 bits per heavy atom. The minimum absolute atomic E-state index is 0.0135. The Morgan fingerprint density at radius 2 is 2.09 bits per heavy atom. The number of amides is 2. The Hall–Kier alpha value is -1.56. The quantitative estimate of drug-likeness (QED) is 0.878. The Bertz CT molecular complexity index is 505. The maximum atomic E-state index is 12.8. The summed E-state index contributed by atoms with van der Waals surface area (Å²) in [7, 11) is 1.90. The van der Waals surface area contributed by atoms with E-state index in [9.17, 15) is 4.79 Å². The second-order valence-electron chi connectivity index (χ2n) is 6.13. The van der Waals surface area contributed by atoms with Gasteiger partial charge in [-0.05, 0) is 46.2 Å². The number of nitrogens with zero attached hydrogens (tertiary/aromatic N) is 3. The Balaban J connectivity index is 2.10. The van der Waals surface area contributed by atoms with Gasteiger partial charge in [-0.1, -0.05) is 13.3 Å². The van der Waals surface area contributed by atoms with Gasteiger partial charge in [0.05, 0.1) is 17.1 Å². The topological polar surface area (TPSA) is 62.2 Å². The van der Waals surface area contributed by atoms with Crippen molar-refractivity contribution in [1.29, 1.82) is 0 Å². The van der Waals surface area contributed by atoms with Crippen LogP contribution in [-0.2, 0) is 7.05 Å². The highest BCUT2D eigenvalue weighted by atomic mass is 16.2. The third-order valence-electron chi connectivity index (χ3n) is 4.50. The summed E-state index contributed by atoms with van der Waals surface area (Å²) < 4.78 is 1.81. The summed E-state index contributed by atoms with van der Waals surface area (Å²) in [4.78, 5) is 14.8. The first-order valence-electron chi connectivity index (χ1n) is 8.33. The lowest BCUT2D eigenvalue weighted by Gasteiger charge is -2.34. The maximum absolute atomic E-state index is 12.8. The molecule has 124 valence electrons. The van der Waals surface area contributed by atoms with Crippen LogP contribution in [0.5, 0.6) is 0 Å². The first-order chi connectivity index (χ1) is 10.5. The number of aromatic nitrogens is 2. The molecule has 2 amide bonds. The van der Waals surface area contributed by atoms with Crippen LogP contribution in [0.1, 0.15) is 44.0 Å². The summed E-state index contributed by atoms with van der Waals surface area (Å²) in [6.45, 7) is 8.89. The van der Waals surface area contributed by atoms with Crippen LogP contribution in [0.15, 0.2) is 0 Å². The lowest BCUT2D eigenvalue weighted by Crippen LogP contribution is -2.48. The van der Waals surface area contributed by atoms with E-state index in [1.54, 1.807) is 0 Å². The Kier molecular flexibility index (Phi) is 5.83. The van der Waals surface area contributed by atoms with E-state index in [1.165, 1.54) is 0 Å². The molecule has 2 N–H and O–H groups in total. The van der Waals surface area contributed by atoms with Gasteiger partial charge in [0.2, 0.25) is 0 Å². The van der Waals surface area contributed by atoms with Crippen LogP contribution in [0.2, 0.25) is 0 Å². The van der Waals surface area contributed by atoms with Crippen LogP contribution >= 0.6 is 0 Å². The number of unbranched alkanes of at least 4 members (excludes halogenated alkanes) is 1. The zero-order chi connectivity index (χ0) is 16.1. The smallest absolute Gasteiger partial charge is 0.321 e. The summed E-state index contributed by atoms with van der Waals surface area (Å²) in [6, 6.07) is 0.352. The summed E-state index contributed by atoms with van der Waals surface area (Å²) >= 11 is 0. The van der Waals surface area contributed by atoms with Gasteiger partial charge in [-0.15, -0.1) is 0 Å². The van der Waals surface area contributed by atoms with Crippen LogP contribution in [0.4, 0.5) is 10.5 Å². The summed E-state index contributed by atoms with van der Waals surface area (Å²) in [5.74, 6) is 0. The lowest BCUT2D eigenvalue weighted by atomic mass is 10.0.